The topological polar surface area (TPSA) is 105 Å². The monoisotopic (exact) mass is 426 g/mol. The summed E-state index contributed by atoms with van der Waals surface area (Å²) in [6.45, 7) is 6.56. The molecule has 0 N–H and O–H groups in total. The number of carbonyl (C=O) groups is 2. The first-order valence-corrected chi connectivity index (χ1v) is 9.81. The van der Waals surface area contributed by atoms with Gasteiger partial charge in [0.2, 0.25) is 0 Å². The van der Waals surface area contributed by atoms with Gasteiger partial charge in [0, 0.05) is 31.6 Å². The zero-order valence-corrected chi connectivity index (χ0v) is 17.6. The molecule has 162 valence electrons. The van der Waals surface area contributed by atoms with Crippen LogP contribution in [0.4, 0.5) is 0 Å². The second-order valence-electron chi connectivity index (χ2n) is 8.11. The minimum atomic E-state index is -1.17. The van der Waals surface area contributed by atoms with Crippen molar-refractivity contribution in [1.29, 1.82) is 0 Å². The second-order valence-corrected chi connectivity index (χ2v) is 8.11. The molecular formula is C23H22O8. The summed E-state index contributed by atoms with van der Waals surface area (Å²) < 4.78 is 27.9. The van der Waals surface area contributed by atoms with Crippen LogP contribution in [0.2, 0.25) is 0 Å². The fourth-order valence-electron chi connectivity index (χ4n) is 3.70. The Labute approximate surface area is 177 Å². The van der Waals surface area contributed by atoms with Gasteiger partial charge in [-0.1, -0.05) is 0 Å². The summed E-state index contributed by atoms with van der Waals surface area (Å²) >= 11 is 0. The molecule has 1 atom stereocenters. The number of hydrogen-bond acceptors (Lipinski definition) is 8. The summed E-state index contributed by atoms with van der Waals surface area (Å²) in [5.41, 5.74) is -1.75. The van der Waals surface area contributed by atoms with E-state index in [4.69, 9.17) is 23.0 Å². The largest absolute Gasteiger partial charge is 0.492 e. The standard InChI is InChI=1S/C23H22O8/c1-13(24)29-19-12-18(25)23(4,31-22(19,2)3)8-10-28-21-14-5-6-20(26)30-17(14)11-16-15(21)7-9-27-16/h5-7,9,11-12H,8,10H2,1-4H3. The van der Waals surface area contributed by atoms with Crippen LogP contribution in [0.15, 0.2) is 56.0 Å². The number of furan rings is 1. The summed E-state index contributed by atoms with van der Waals surface area (Å²) in [4.78, 5) is 35.7. The Morgan fingerprint density at radius 1 is 1.06 bits per heavy atom. The van der Waals surface area contributed by atoms with E-state index in [0.29, 0.717) is 22.3 Å². The van der Waals surface area contributed by atoms with Gasteiger partial charge in [0.25, 0.3) is 0 Å². The molecule has 1 aromatic carbocycles. The van der Waals surface area contributed by atoms with Crippen LogP contribution in [0.5, 0.6) is 5.75 Å². The van der Waals surface area contributed by atoms with Crippen LogP contribution in [0.25, 0.3) is 21.9 Å². The maximum Gasteiger partial charge on any atom is 0.336 e. The van der Waals surface area contributed by atoms with Gasteiger partial charge in [-0.05, 0) is 32.9 Å². The average molecular weight is 426 g/mol. The molecule has 2 aromatic heterocycles. The molecule has 1 aliphatic rings. The van der Waals surface area contributed by atoms with Crippen LogP contribution in [-0.4, -0.2) is 29.6 Å². The second kappa shape index (κ2) is 7.39. The smallest absolute Gasteiger partial charge is 0.336 e. The van der Waals surface area contributed by atoms with Gasteiger partial charge in [0.1, 0.15) is 33.9 Å². The van der Waals surface area contributed by atoms with Crippen molar-refractivity contribution < 1.29 is 32.6 Å². The van der Waals surface area contributed by atoms with Crippen LogP contribution < -0.4 is 10.4 Å². The van der Waals surface area contributed by atoms with Crippen LogP contribution in [-0.2, 0) is 19.1 Å². The molecule has 4 rings (SSSR count). The number of ketones is 1. The highest BCUT2D eigenvalue weighted by atomic mass is 16.6. The van der Waals surface area contributed by atoms with Crippen molar-refractivity contribution in [2.75, 3.05) is 6.61 Å². The Morgan fingerprint density at radius 2 is 1.81 bits per heavy atom. The van der Waals surface area contributed by atoms with E-state index in [1.54, 1.807) is 39.0 Å². The zero-order chi connectivity index (χ0) is 22.4. The minimum Gasteiger partial charge on any atom is -0.492 e. The summed E-state index contributed by atoms with van der Waals surface area (Å²) in [5.74, 6) is -0.168. The van der Waals surface area contributed by atoms with E-state index in [2.05, 4.69) is 0 Å². The summed E-state index contributed by atoms with van der Waals surface area (Å²) in [5, 5.41) is 1.34. The van der Waals surface area contributed by atoms with Crippen LogP contribution in [0, 0.1) is 0 Å². The van der Waals surface area contributed by atoms with Gasteiger partial charge in [-0.15, -0.1) is 0 Å². The third kappa shape index (κ3) is 3.86. The van der Waals surface area contributed by atoms with Crippen molar-refractivity contribution in [2.24, 2.45) is 0 Å². The maximum absolute atomic E-state index is 12.7. The molecule has 0 fully saturated rings. The number of carbonyl (C=O) groups excluding carboxylic acids is 2. The predicted molar refractivity (Wildman–Crippen MR) is 111 cm³/mol. The van der Waals surface area contributed by atoms with Crippen molar-refractivity contribution in [1.82, 2.24) is 0 Å². The SMILES string of the molecule is CC(=O)OC1=CC(=O)C(C)(CCOc2c3ccoc3cc3oc(=O)ccc23)OC1(C)C. The average Bonchev–Trinajstić information content (AvgIpc) is 3.13. The first-order valence-electron chi connectivity index (χ1n) is 9.81. The highest BCUT2D eigenvalue weighted by molar-refractivity contribution is 6.01. The number of fused-ring (bicyclic) bond motifs is 2. The molecule has 0 saturated heterocycles. The summed E-state index contributed by atoms with van der Waals surface area (Å²) in [7, 11) is 0. The Bertz CT molecular complexity index is 1280. The molecule has 0 spiro atoms. The number of hydrogen-bond donors (Lipinski definition) is 0. The van der Waals surface area contributed by atoms with E-state index in [1.165, 1.54) is 25.3 Å². The lowest BCUT2D eigenvalue weighted by atomic mass is 9.89. The van der Waals surface area contributed by atoms with Crippen molar-refractivity contribution in [2.45, 2.75) is 45.3 Å². The van der Waals surface area contributed by atoms with Gasteiger partial charge in [0.15, 0.2) is 5.78 Å². The molecule has 1 unspecified atom stereocenters. The lowest BCUT2D eigenvalue weighted by Gasteiger charge is -2.41. The summed E-state index contributed by atoms with van der Waals surface area (Å²) in [6.07, 6.45) is 3.07. The molecule has 0 aliphatic carbocycles. The Kier molecular flexibility index (Phi) is 4.97. The molecule has 0 saturated carbocycles. The fourth-order valence-corrected chi connectivity index (χ4v) is 3.70. The van der Waals surface area contributed by atoms with Gasteiger partial charge in [-0.25, -0.2) is 4.79 Å². The van der Waals surface area contributed by atoms with E-state index in [0.717, 1.165) is 5.39 Å². The van der Waals surface area contributed by atoms with Gasteiger partial charge in [-0.2, -0.15) is 0 Å². The molecule has 0 bridgehead atoms. The van der Waals surface area contributed by atoms with Crippen LogP contribution in [0.1, 0.15) is 34.1 Å². The molecule has 3 aromatic rings. The van der Waals surface area contributed by atoms with Gasteiger partial charge >= 0.3 is 11.6 Å². The third-order valence-electron chi connectivity index (χ3n) is 5.25. The molecule has 3 heterocycles. The number of ether oxygens (including phenoxy) is 3. The number of benzene rings is 1. The molecule has 8 heteroatoms. The van der Waals surface area contributed by atoms with Crippen LogP contribution >= 0.6 is 0 Å². The minimum absolute atomic E-state index is 0.146. The first kappa shape index (κ1) is 20.9. The lowest BCUT2D eigenvalue weighted by Crippen LogP contribution is -2.51. The third-order valence-corrected chi connectivity index (χ3v) is 5.25. The van der Waals surface area contributed by atoms with Crippen molar-refractivity contribution in [3.63, 3.8) is 0 Å². The van der Waals surface area contributed by atoms with Gasteiger partial charge in [-0.3, -0.25) is 9.59 Å². The summed E-state index contributed by atoms with van der Waals surface area (Å²) in [6, 6.07) is 6.35. The van der Waals surface area contributed by atoms with E-state index in [9.17, 15) is 14.4 Å². The van der Waals surface area contributed by atoms with Crippen molar-refractivity contribution in [3.05, 3.63) is 52.8 Å². The quantitative estimate of drug-likeness (QED) is 0.447. The number of rotatable bonds is 5. The zero-order valence-electron chi connectivity index (χ0n) is 17.6. The van der Waals surface area contributed by atoms with Crippen LogP contribution in [0.3, 0.4) is 0 Å². The van der Waals surface area contributed by atoms with Crippen molar-refractivity contribution in [3.8, 4) is 5.75 Å². The molecular weight excluding hydrogens is 404 g/mol. The maximum atomic E-state index is 12.7. The van der Waals surface area contributed by atoms with Gasteiger partial charge in [0.05, 0.1) is 23.6 Å². The Morgan fingerprint density at radius 3 is 2.55 bits per heavy atom. The van der Waals surface area contributed by atoms with Crippen molar-refractivity contribution >= 4 is 33.7 Å². The highest BCUT2D eigenvalue weighted by Crippen LogP contribution is 2.38. The first-order chi connectivity index (χ1) is 14.6. The van der Waals surface area contributed by atoms with E-state index < -0.39 is 22.8 Å². The van der Waals surface area contributed by atoms with E-state index >= 15 is 0 Å². The molecule has 31 heavy (non-hydrogen) atoms. The number of esters is 1. The van der Waals surface area contributed by atoms with E-state index in [-0.39, 0.29) is 24.6 Å². The molecule has 8 nitrogen and oxygen atoms in total. The fraction of sp³-hybridized carbons (Fsp3) is 0.348. The van der Waals surface area contributed by atoms with E-state index in [1.807, 2.05) is 0 Å². The Balaban J connectivity index is 1.59. The predicted octanol–water partition coefficient (Wildman–Crippen LogP) is 3.89. The molecule has 0 radical (unpaired) electrons. The lowest BCUT2D eigenvalue weighted by molar-refractivity contribution is -0.173. The molecule has 0 amide bonds. The van der Waals surface area contributed by atoms with Gasteiger partial charge < -0.3 is 23.0 Å². The molecule has 1 aliphatic heterocycles. The highest BCUT2D eigenvalue weighted by Gasteiger charge is 2.46. The Hall–Kier alpha value is -3.39. The normalized spacial score (nSPS) is 20.6.